The maximum atomic E-state index is 12.0. The number of hydrogen-bond acceptors (Lipinski definition) is 6. The average Bonchev–Trinajstić information content (AvgIpc) is 3.04. The van der Waals surface area contributed by atoms with Crippen molar-refractivity contribution in [3.63, 3.8) is 0 Å². The number of aryl methyl sites for hydroxylation is 2. The number of halogens is 1. The Balaban J connectivity index is 1.45. The maximum absolute atomic E-state index is 12.0. The maximum Gasteiger partial charge on any atom is 0.226 e. The number of nitrogens with zero attached hydrogens (tertiary/aromatic N) is 3. The molecule has 0 saturated heterocycles. The van der Waals surface area contributed by atoms with Gasteiger partial charge in [0, 0.05) is 23.9 Å². The molecule has 7 nitrogen and oxygen atoms in total. The number of rotatable bonds is 7. The van der Waals surface area contributed by atoms with Gasteiger partial charge in [0.2, 0.25) is 17.7 Å². The second kappa shape index (κ2) is 8.44. The molecule has 1 aromatic carbocycles. The highest BCUT2D eigenvalue weighted by atomic mass is 35.5. The first-order valence-corrected chi connectivity index (χ1v) is 8.45. The van der Waals surface area contributed by atoms with E-state index in [1.165, 1.54) is 0 Å². The minimum absolute atomic E-state index is 0.102. The number of carbonyl (C=O) groups excluding carboxylic acids is 1. The molecule has 0 radical (unpaired) electrons. The van der Waals surface area contributed by atoms with E-state index in [2.05, 4.69) is 20.4 Å². The fourth-order valence-electron chi connectivity index (χ4n) is 2.20. The quantitative estimate of drug-likeness (QED) is 0.669. The van der Waals surface area contributed by atoms with Gasteiger partial charge >= 0.3 is 0 Å². The predicted octanol–water partition coefficient (Wildman–Crippen LogP) is 4.18. The van der Waals surface area contributed by atoms with Crippen molar-refractivity contribution < 1.29 is 14.1 Å². The molecule has 0 aliphatic rings. The summed E-state index contributed by atoms with van der Waals surface area (Å²) in [5.74, 6) is 2.10. The van der Waals surface area contributed by atoms with Gasteiger partial charge in [-0.3, -0.25) is 4.79 Å². The normalized spacial score (nSPS) is 10.5. The summed E-state index contributed by atoms with van der Waals surface area (Å²) >= 11 is 5.83. The Morgan fingerprint density at radius 3 is 2.69 bits per heavy atom. The van der Waals surface area contributed by atoms with E-state index in [4.69, 9.17) is 20.9 Å². The predicted molar refractivity (Wildman–Crippen MR) is 96.4 cm³/mol. The average molecular weight is 373 g/mol. The third kappa shape index (κ3) is 5.29. The van der Waals surface area contributed by atoms with E-state index in [-0.39, 0.29) is 5.91 Å². The molecule has 1 amide bonds. The van der Waals surface area contributed by atoms with Crippen LogP contribution in [-0.4, -0.2) is 21.0 Å². The van der Waals surface area contributed by atoms with E-state index in [1.54, 1.807) is 49.5 Å². The van der Waals surface area contributed by atoms with Crippen molar-refractivity contribution in [3.8, 4) is 11.6 Å². The van der Waals surface area contributed by atoms with E-state index >= 15 is 0 Å². The van der Waals surface area contributed by atoms with Crippen LogP contribution in [0.2, 0.25) is 5.02 Å². The van der Waals surface area contributed by atoms with E-state index in [9.17, 15) is 4.79 Å². The number of ether oxygens (including phenoxy) is 1. The molecule has 0 atom stereocenters. The molecule has 26 heavy (non-hydrogen) atoms. The van der Waals surface area contributed by atoms with Crippen molar-refractivity contribution in [2.75, 3.05) is 5.32 Å². The summed E-state index contributed by atoms with van der Waals surface area (Å²) in [6.07, 6.45) is 3.09. The molecule has 8 heteroatoms. The lowest BCUT2D eigenvalue weighted by Gasteiger charge is -2.07. The Morgan fingerprint density at radius 1 is 1.23 bits per heavy atom. The van der Waals surface area contributed by atoms with Crippen LogP contribution in [0.25, 0.3) is 0 Å². The first-order chi connectivity index (χ1) is 12.6. The number of hydrogen-bond donors (Lipinski definition) is 1. The van der Waals surface area contributed by atoms with Crippen LogP contribution in [0.3, 0.4) is 0 Å². The van der Waals surface area contributed by atoms with E-state index < -0.39 is 0 Å². The van der Waals surface area contributed by atoms with Gasteiger partial charge in [0.15, 0.2) is 5.82 Å². The smallest absolute Gasteiger partial charge is 0.226 e. The van der Waals surface area contributed by atoms with Gasteiger partial charge in [-0.1, -0.05) is 16.8 Å². The summed E-state index contributed by atoms with van der Waals surface area (Å²) in [7, 11) is 0. The lowest BCUT2D eigenvalue weighted by Crippen LogP contribution is -2.11. The summed E-state index contributed by atoms with van der Waals surface area (Å²) in [5, 5.41) is 7.14. The zero-order valence-electron chi connectivity index (χ0n) is 14.1. The van der Waals surface area contributed by atoms with Crippen molar-refractivity contribution in [1.29, 1.82) is 0 Å². The highest BCUT2D eigenvalue weighted by molar-refractivity contribution is 6.30. The monoisotopic (exact) mass is 372 g/mol. The molecule has 134 valence electrons. The number of nitrogens with one attached hydrogen (secondary N) is 1. The molecule has 0 spiro atoms. The van der Waals surface area contributed by atoms with Gasteiger partial charge in [0.1, 0.15) is 5.75 Å². The second-order valence-electron chi connectivity index (χ2n) is 5.58. The number of amides is 1. The highest BCUT2D eigenvalue weighted by Crippen LogP contribution is 2.22. The Hall–Kier alpha value is -2.93. The summed E-state index contributed by atoms with van der Waals surface area (Å²) in [5.41, 5.74) is 0.604. The Morgan fingerprint density at radius 2 is 2.04 bits per heavy atom. The van der Waals surface area contributed by atoms with Crippen molar-refractivity contribution >= 4 is 23.2 Å². The van der Waals surface area contributed by atoms with Gasteiger partial charge in [-0.25, -0.2) is 4.98 Å². The number of pyridine rings is 1. The molecule has 0 aliphatic carbocycles. The van der Waals surface area contributed by atoms with E-state index in [0.29, 0.717) is 53.3 Å². The van der Waals surface area contributed by atoms with Gasteiger partial charge in [0.05, 0.1) is 11.9 Å². The van der Waals surface area contributed by atoms with E-state index in [0.717, 1.165) is 0 Å². The molecule has 0 fully saturated rings. The lowest BCUT2D eigenvalue weighted by atomic mass is 10.2. The van der Waals surface area contributed by atoms with Crippen molar-refractivity contribution in [2.24, 2.45) is 0 Å². The number of aromatic nitrogens is 3. The molecule has 3 aromatic rings. The largest absolute Gasteiger partial charge is 0.439 e. The fraction of sp³-hybridized carbons (Fsp3) is 0.222. The number of carbonyl (C=O) groups is 1. The molecule has 0 unspecified atom stereocenters. The zero-order valence-corrected chi connectivity index (χ0v) is 14.9. The van der Waals surface area contributed by atoms with Crippen LogP contribution in [0.15, 0.2) is 47.1 Å². The van der Waals surface area contributed by atoms with Crippen molar-refractivity contribution in [3.05, 3.63) is 59.3 Å². The van der Waals surface area contributed by atoms with Gasteiger partial charge in [0.25, 0.3) is 0 Å². The molecule has 2 heterocycles. The van der Waals surface area contributed by atoms with Crippen molar-refractivity contribution in [1.82, 2.24) is 15.1 Å². The first-order valence-electron chi connectivity index (χ1n) is 8.07. The molecule has 2 aromatic heterocycles. The van der Waals surface area contributed by atoms with Gasteiger partial charge in [-0.15, -0.1) is 0 Å². The van der Waals surface area contributed by atoms with Crippen LogP contribution >= 0.6 is 11.6 Å². The standard InChI is InChI=1S/C18H17ClN4O3/c1-12-21-18(26-23-12)4-2-3-16(24)22-14-7-10-17(20-11-14)25-15-8-5-13(19)6-9-15/h5-11H,2-4H2,1H3,(H,22,24). The topological polar surface area (TPSA) is 90.1 Å². The zero-order chi connectivity index (χ0) is 18.4. The van der Waals surface area contributed by atoms with Gasteiger partial charge < -0.3 is 14.6 Å². The van der Waals surface area contributed by atoms with Crippen LogP contribution in [0.1, 0.15) is 24.6 Å². The van der Waals surface area contributed by atoms with Crippen LogP contribution in [0, 0.1) is 6.92 Å². The van der Waals surface area contributed by atoms with Crippen LogP contribution in [0.4, 0.5) is 5.69 Å². The minimum Gasteiger partial charge on any atom is -0.439 e. The van der Waals surface area contributed by atoms with Crippen LogP contribution in [-0.2, 0) is 11.2 Å². The van der Waals surface area contributed by atoms with Crippen LogP contribution in [0.5, 0.6) is 11.6 Å². The van der Waals surface area contributed by atoms with Crippen molar-refractivity contribution in [2.45, 2.75) is 26.2 Å². The Kier molecular flexibility index (Phi) is 5.80. The third-order valence-corrected chi connectivity index (χ3v) is 3.67. The Labute approximate surface area is 155 Å². The Bertz CT molecular complexity index is 863. The second-order valence-corrected chi connectivity index (χ2v) is 6.01. The molecule has 1 N–H and O–H groups in total. The number of anilines is 1. The molecule has 3 rings (SSSR count). The third-order valence-electron chi connectivity index (χ3n) is 3.42. The minimum atomic E-state index is -0.102. The van der Waals surface area contributed by atoms with E-state index in [1.807, 2.05) is 0 Å². The summed E-state index contributed by atoms with van der Waals surface area (Å²) in [6.45, 7) is 1.76. The highest BCUT2D eigenvalue weighted by Gasteiger charge is 2.07. The molecule has 0 bridgehead atoms. The fourth-order valence-corrected chi connectivity index (χ4v) is 2.33. The molecule has 0 saturated carbocycles. The van der Waals surface area contributed by atoms with Gasteiger partial charge in [-0.2, -0.15) is 4.98 Å². The lowest BCUT2D eigenvalue weighted by molar-refractivity contribution is -0.116. The first kappa shape index (κ1) is 17.9. The molecular formula is C18H17ClN4O3. The summed E-state index contributed by atoms with van der Waals surface area (Å²) in [6, 6.07) is 10.4. The SMILES string of the molecule is Cc1noc(CCCC(=O)Nc2ccc(Oc3ccc(Cl)cc3)nc2)n1. The number of benzene rings is 1. The molecule has 0 aliphatic heterocycles. The van der Waals surface area contributed by atoms with Gasteiger partial charge in [-0.05, 0) is 43.7 Å². The molecular weight excluding hydrogens is 356 g/mol. The summed E-state index contributed by atoms with van der Waals surface area (Å²) < 4.78 is 10.6. The van der Waals surface area contributed by atoms with Crippen LogP contribution < -0.4 is 10.1 Å². The summed E-state index contributed by atoms with van der Waals surface area (Å²) in [4.78, 5) is 20.2.